The smallest absolute Gasteiger partial charge is 0.243 e. The Hall–Kier alpha value is -0.920. The minimum atomic E-state index is -3.46. The molecule has 0 bridgehead atoms. The molecule has 2 atom stereocenters. The van der Waals surface area contributed by atoms with E-state index in [0.29, 0.717) is 23.6 Å². The number of alkyl halides is 1. The zero-order valence-corrected chi connectivity index (χ0v) is 14.4. The van der Waals surface area contributed by atoms with Gasteiger partial charge in [-0.3, -0.25) is 4.79 Å². The molecule has 0 radical (unpaired) electrons. The molecule has 2 rings (SSSR count). The predicted octanol–water partition coefficient (Wildman–Crippen LogP) is 2.44. The first-order chi connectivity index (χ1) is 9.80. The van der Waals surface area contributed by atoms with Gasteiger partial charge >= 0.3 is 0 Å². The fourth-order valence-corrected chi connectivity index (χ4v) is 4.29. The second-order valence-electron chi connectivity index (χ2n) is 5.35. The molecule has 0 saturated carbocycles. The number of nitrogens with one attached hydrogen (secondary N) is 1. The van der Waals surface area contributed by atoms with Crippen LogP contribution in [0.25, 0.3) is 0 Å². The summed E-state index contributed by atoms with van der Waals surface area (Å²) >= 11 is 3.57. The first-order valence-corrected chi connectivity index (χ1v) is 9.18. The van der Waals surface area contributed by atoms with E-state index in [1.165, 1.54) is 23.4 Å². The van der Waals surface area contributed by atoms with Gasteiger partial charge in [0.2, 0.25) is 15.9 Å². The van der Waals surface area contributed by atoms with Gasteiger partial charge in [0.05, 0.1) is 4.90 Å². The van der Waals surface area contributed by atoms with Crippen LogP contribution in [0.2, 0.25) is 0 Å². The Bertz CT molecular complexity index is 616. The van der Waals surface area contributed by atoms with Gasteiger partial charge in [0.25, 0.3) is 0 Å². The van der Waals surface area contributed by atoms with Crippen LogP contribution >= 0.6 is 15.9 Å². The summed E-state index contributed by atoms with van der Waals surface area (Å²) in [5.74, 6) is 0.103. The normalized spacial score (nSPS) is 23.8. The fraction of sp³-hybridized carbons (Fsp3) is 0.500. The Balaban J connectivity index is 2.18. The highest BCUT2D eigenvalue weighted by molar-refractivity contribution is 9.09. The number of carbonyl (C=O) groups excluding carboxylic acids is 1. The number of anilines is 1. The van der Waals surface area contributed by atoms with Crippen LogP contribution in [0.3, 0.4) is 0 Å². The molecule has 1 aromatic rings. The van der Waals surface area contributed by atoms with Crippen molar-refractivity contribution in [1.29, 1.82) is 0 Å². The molecule has 1 amide bonds. The van der Waals surface area contributed by atoms with E-state index in [9.17, 15) is 13.2 Å². The molecule has 116 valence electrons. The van der Waals surface area contributed by atoms with Gasteiger partial charge in [-0.25, -0.2) is 8.42 Å². The van der Waals surface area contributed by atoms with E-state index in [1.54, 1.807) is 12.1 Å². The average Bonchev–Trinajstić information content (AvgIpc) is 2.41. The summed E-state index contributed by atoms with van der Waals surface area (Å²) < 4.78 is 26.7. The van der Waals surface area contributed by atoms with E-state index in [2.05, 4.69) is 21.2 Å². The number of halogens is 1. The highest BCUT2D eigenvalue weighted by Gasteiger charge is 2.32. The van der Waals surface area contributed by atoms with Crippen LogP contribution in [0, 0.1) is 5.92 Å². The number of amides is 1. The van der Waals surface area contributed by atoms with Crippen LogP contribution in [0.15, 0.2) is 29.2 Å². The molecule has 1 aromatic carbocycles. The lowest BCUT2D eigenvalue weighted by atomic mass is 10.0. The summed E-state index contributed by atoms with van der Waals surface area (Å²) in [6.07, 6.45) is 0.810. The highest BCUT2D eigenvalue weighted by atomic mass is 79.9. The SMILES string of the molecule is CC(=O)Nc1ccc(S(=O)(=O)N2CCC(Br)C(C)C2)cc1. The summed E-state index contributed by atoms with van der Waals surface area (Å²) in [4.78, 5) is 11.6. The molecule has 2 unspecified atom stereocenters. The Kier molecular flexibility index (Phi) is 5.06. The first kappa shape index (κ1) is 16.5. The van der Waals surface area contributed by atoms with E-state index in [4.69, 9.17) is 0 Å². The lowest BCUT2D eigenvalue weighted by Crippen LogP contribution is -2.43. The number of rotatable bonds is 3. The first-order valence-electron chi connectivity index (χ1n) is 6.82. The maximum absolute atomic E-state index is 12.6. The van der Waals surface area contributed by atoms with Crippen LogP contribution in [0.4, 0.5) is 5.69 Å². The quantitative estimate of drug-likeness (QED) is 0.826. The van der Waals surface area contributed by atoms with Crippen molar-refractivity contribution in [3.05, 3.63) is 24.3 Å². The van der Waals surface area contributed by atoms with E-state index in [0.717, 1.165) is 6.42 Å². The Morgan fingerprint density at radius 2 is 1.95 bits per heavy atom. The van der Waals surface area contributed by atoms with Gasteiger partial charge in [0.15, 0.2) is 0 Å². The van der Waals surface area contributed by atoms with Crippen LogP contribution in [0.5, 0.6) is 0 Å². The topological polar surface area (TPSA) is 66.5 Å². The second-order valence-corrected chi connectivity index (χ2v) is 8.46. The van der Waals surface area contributed by atoms with Crippen molar-refractivity contribution in [2.24, 2.45) is 5.92 Å². The summed E-state index contributed by atoms with van der Waals surface area (Å²) in [6, 6.07) is 6.28. The lowest BCUT2D eigenvalue weighted by molar-refractivity contribution is -0.114. The second kappa shape index (κ2) is 6.46. The van der Waals surface area contributed by atoms with Crippen molar-refractivity contribution >= 4 is 37.5 Å². The standard InChI is InChI=1S/C14H19BrN2O3S/c1-10-9-17(8-7-14(10)15)21(19,20)13-5-3-12(4-6-13)16-11(2)18/h3-6,10,14H,7-9H2,1-2H3,(H,16,18). The zero-order chi connectivity index (χ0) is 15.6. The summed E-state index contributed by atoms with van der Waals surface area (Å²) in [5, 5.41) is 2.62. The monoisotopic (exact) mass is 374 g/mol. The van der Waals surface area contributed by atoms with E-state index >= 15 is 0 Å². The van der Waals surface area contributed by atoms with Crippen molar-refractivity contribution in [2.45, 2.75) is 30.0 Å². The number of nitrogens with zero attached hydrogens (tertiary/aromatic N) is 1. The van der Waals surface area contributed by atoms with E-state index in [1.807, 2.05) is 6.92 Å². The molecule has 0 aliphatic carbocycles. The summed E-state index contributed by atoms with van der Waals surface area (Å²) in [5.41, 5.74) is 0.592. The number of sulfonamides is 1. The Morgan fingerprint density at radius 3 is 2.48 bits per heavy atom. The van der Waals surface area contributed by atoms with Crippen LogP contribution in [0.1, 0.15) is 20.3 Å². The van der Waals surface area contributed by atoms with Crippen molar-refractivity contribution in [3.8, 4) is 0 Å². The van der Waals surface area contributed by atoms with Gasteiger partial charge in [-0.05, 0) is 36.6 Å². The predicted molar refractivity (Wildman–Crippen MR) is 86.0 cm³/mol. The van der Waals surface area contributed by atoms with Gasteiger partial charge in [-0.1, -0.05) is 22.9 Å². The molecule has 21 heavy (non-hydrogen) atoms. The Morgan fingerprint density at radius 1 is 1.33 bits per heavy atom. The molecule has 1 N–H and O–H groups in total. The van der Waals surface area contributed by atoms with E-state index < -0.39 is 10.0 Å². The third-order valence-corrected chi connectivity index (χ3v) is 6.82. The maximum atomic E-state index is 12.6. The molecule has 1 heterocycles. The summed E-state index contributed by atoms with van der Waals surface area (Å²) in [7, 11) is -3.46. The molecule has 1 saturated heterocycles. The van der Waals surface area contributed by atoms with Crippen molar-refractivity contribution in [2.75, 3.05) is 18.4 Å². The molecule has 5 nitrogen and oxygen atoms in total. The zero-order valence-electron chi connectivity index (χ0n) is 12.0. The molecule has 0 aromatic heterocycles. The maximum Gasteiger partial charge on any atom is 0.243 e. The molecule has 1 aliphatic rings. The molecular formula is C14H19BrN2O3S. The van der Waals surface area contributed by atoms with Gasteiger partial charge in [0.1, 0.15) is 0 Å². The van der Waals surface area contributed by atoms with Crippen LogP contribution in [-0.4, -0.2) is 36.5 Å². The van der Waals surface area contributed by atoms with Crippen LogP contribution in [-0.2, 0) is 14.8 Å². The molecule has 1 aliphatic heterocycles. The molecular weight excluding hydrogens is 356 g/mol. The van der Waals surface area contributed by atoms with E-state index in [-0.39, 0.29) is 16.7 Å². The van der Waals surface area contributed by atoms with Gasteiger partial charge in [-0.2, -0.15) is 4.31 Å². The number of hydrogen-bond acceptors (Lipinski definition) is 3. The largest absolute Gasteiger partial charge is 0.326 e. The van der Waals surface area contributed by atoms with Gasteiger partial charge in [0, 0.05) is 30.5 Å². The molecule has 0 spiro atoms. The third kappa shape index (κ3) is 3.84. The van der Waals surface area contributed by atoms with Gasteiger partial charge < -0.3 is 5.32 Å². The van der Waals surface area contributed by atoms with Crippen molar-refractivity contribution < 1.29 is 13.2 Å². The summed E-state index contributed by atoms with van der Waals surface area (Å²) in [6.45, 7) is 4.50. The minimum Gasteiger partial charge on any atom is -0.326 e. The number of carbonyl (C=O) groups is 1. The minimum absolute atomic E-state index is 0.182. The number of hydrogen-bond donors (Lipinski definition) is 1. The van der Waals surface area contributed by atoms with Gasteiger partial charge in [-0.15, -0.1) is 0 Å². The fourth-order valence-electron chi connectivity index (χ4n) is 2.36. The molecule has 7 heteroatoms. The number of piperidine rings is 1. The number of benzene rings is 1. The van der Waals surface area contributed by atoms with Crippen LogP contribution < -0.4 is 5.32 Å². The molecule has 1 fully saturated rings. The highest BCUT2D eigenvalue weighted by Crippen LogP contribution is 2.28. The average molecular weight is 375 g/mol. The third-order valence-electron chi connectivity index (χ3n) is 3.58. The van der Waals surface area contributed by atoms with Crippen molar-refractivity contribution in [3.63, 3.8) is 0 Å². The van der Waals surface area contributed by atoms with Crippen molar-refractivity contribution in [1.82, 2.24) is 4.31 Å². The Labute approximate surface area is 133 Å². The lowest BCUT2D eigenvalue weighted by Gasteiger charge is -2.33.